The van der Waals surface area contributed by atoms with Gasteiger partial charge in [0.15, 0.2) is 0 Å². The highest BCUT2D eigenvalue weighted by atomic mass is 16.4. The van der Waals surface area contributed by atoms with Crippen molar-refractivity contribution in [3.8, 4) is 0 Å². The molecule has 0 unspecified atom stereocenters. The molecule has 0 aliphatic heterocycles. The van der Waals surface area contributed by atoms with Gasteiger partial charge in [0, 0.05) is 76.0 Å². The number of hydrogen-bond acceptors (Lipinski definition) is 10. The maximum absolute atomic E-state index is 14.4. The van der Waals surface area contributed by atoms with Crippen LogP contribution in [0.2, 0.25) is 0 Å². The van der Waals surface area contributed by atoms with E-state index in [0.29, 0.717) is 44.9 Å². The van der Waals surface area contributed by atoms with Crippen LogP contribution in [-0.4, -0.2) is 154 Å². The van der Waals surface area contributed by atoms with Gasteiger partial charge in [-0.1, -0.05) is 130 Å². The van der Waals surface area contributed by atoms with Crippen LogP contribution in [0.5, 0.6) is 0 Å². The standard InChI is InChI=1S/C60H97N9O10/c1-41(2)21-24-49(63-53(71)38-66(33-48(61)29-42(3)4)56(74)25-22-46-17-13-11-14-18-46)34-69(59(77)32-45(9)10)40-55(73)65-51(31-44(7)8)36-68(57(75)26-23-47-19-15-12-16-20-47)39-54(72)64-50(30-43(5)6)35-67(37-52(62)70)58(76)27-28-60(78)79/h11-20,41-45,48-51H,21-40,61H2,1-10H3,(H2,62,70)(H,63,71)(H,64,72)(H,65,73)(H,78,79)/t48-,49-,50-,51-/m0/s1. The van der Waals surface area contributed by atoms with Crippen molar-refractivity contribution in [2.24, 2.45) is 41.1 Å². The number of hydrogen-bond donors (Lipinski definition) is 6. The Kier molecular flexibility index (Phi) is 32.0. The Bertz CT molecular complexity index is 2210. The third-order valence-corrected chi connectivity index (χ3v) is 13.1. The lowest BCUT2D eigenvalue weighted by molar-refractivity contribution is -0.142. The Labute approximate surface area is 471 Å². The van der Waals surface area contributed by atoms with Gasteiger partial charge in [-0.3, -0.25) is 43.2 Å². The van der Waals surface area contributed by atoms with Gasteiger partial charge >= 0.3 is 5.97 Å². The highest BCUT2D eigenvalue weighted by Gasteiger charge is 2.30. The quantitative estimate of drug-likeness (QED) is 0.0499. The molecular formula is C60H97N9O10. The molecule has 0 radical (unpaired) electrons. The first-order chi connectivity index (χ1) is 37.2. The molecule has 4 atom stereocenters. The predicted molar refractivity (Wildman–Crippen MR) is 308 cm³/mol. The Morgan fingerprint density at radius 3 is 1.22 bits per heavy atom. The van der Waals surface area contributed by atoms with Crippen molar-refractivity contribution in [2.45, 2.75) is 170 Å². The van der Waals surface area contributed by atoms with E-state index in [1.54, 1.807) is 0 Å². The van der Waals surface area contributed by atoms with E-state index in [-0.39, 0.29) is 118 Å². The molecule has 2 aromatic carbocycles. The number of rotatable bonds is 39. The second kappa shape index (κ2) is 36.7. The largest absolute Gasteiger partial charge is 0.481 e. The highest BCUT2D eigenvalue weighted by molar-refractivity contribution is 5.88. The van der Waals surface area contributed by atoms with E-state index in [4.69, 9.17) is 11.5 Å². The van der Waals surface area contributed by atoms with Gasteiger partial charge in [-0.2, -0.15) is 0 Å². The lowest BCUT2D eigenvalue weighted by atomic mass is 10.0. The first-order valence-electron chi connectivity index (χ1n) is 28.5. The minimum absolute atomic E-state index is 0.0121. The second-order valence-electron chi connectivity index (χ2n) is 23.4. The lowest BCUT2D eigenvalue weighted by Crippen LogP contribution is -2.54. The molecule has 2 rings (SSSR count). The first kappa shape index (κ1) is 68.7. The summed E-state index contributed by atoms with van der Waals surface area (Å²) in [7, 11) is 0. The average Bonchev–Trinajstić information content (AvgIpc) is 3.34. The van der Waals surface area contributed by atoms with Crippen molar-refractivity contribution in [2.75, 3.05) is 52.4 Å². The third kappa shape index (κ3) is 31.1. The van der Waals surface area contributed by atoms with Crippen molar-refractivity contribution in [3.63, 3.8) is 0 Å². The highest BCUT2D eigenvalue weighted by Crippen LogP contribution is 2.16. The number of nitrogens with one attached hydrogen (secondary N) is 3. The maximum atomic E-state index is 14.4. The summed E-state index contributed by atoms with van der Waals surface area (Å²) in [6.45, 7) is 18.4. The molecule has 0 aliphatic carbocycles. The third-order valence-electron chi connectivity index (χ3n) is 13.1. The number of carbonyl (C=O) groups excluding carboxylic acids is 8. The molecule has 79 heavy (non-hydrogen) atoms. The van der Waals surface area contributed by atoms with Gasteiger partial charge in [-0.15, -0.1) is 0 Å². The molecule has 19 heteroatoms. The summed E-state index contributed by atoms with van der Waals surface area (Å²) in [5, 5.41) is 18.4. The van der Waals surface area contributed by atoms with E-state index in [0.717, 1.165) is 16.0 Å². The van der Waals surface area contributed by atoms with E-state index in [2.05, 4.69) is 43.6 Å². The van der Waals surface area contributed by atoms with E-state index in [1.807, 2.05) is 102 Å². The van der Waals surface area contributed by atoms with E-state index in [9.17, 15) is 48.3 Å². The summed E-state index contributed by atoms with van der Waals surface area (Å²) in [5.41, 5.74) is 13.9. The number of aliphatic carboxylic acids is 1. The topological polar surface area (TPSA) is 275 Å². The van der Waals surface area contributed by atoms with Gasteiger partial charge in [0.25, 0.3) is 0 Å². The molecule has 0 aliphatic rings. The fourth-order valence-electron chi connectivity index (χ4n) is 9.51. The summed E-state index contributed by atoms with van der Waals surface area (Å²) in [6, 6.07) is 16.8. The lowest BCUT2D eigenvalue weighted by Gasteiger charge is -2.33. The molecule has 0 heterocycles. The molecule has 8 amide bonds. The fraction of sp³-hybridized carbons (Fsp3) is 0.650. The van der Waals surface area contributed by atoms with Crippen LogP contribution >= 0.6 is 0 Å². The molecule has 0 saturated carbocycles. The summed E-state index contributed by atoms with van der Waals surface area (Å²) in [5.74, 6) is -4.37. The van der Waals surface area contributed by atoms with Crippen molar-refractivity contribution < 1.29 is 48.3 Å². The fourth-order valence-corrected chi connectivity index (χ4v) is 9.51. The number of amides is 8. The van der Waals surface area contributed by atoms with Crippen molar-refractivity contribution in [3.05, 3.63) is 71.8 Å². The van der Waals surface area contributed by atoms with Crippen LogP contribution in [0.25, 0.3) is 0 Å². The number of nitrogens with two attached hydrogens (primary N) is 2. The smallest absolute Gasteiger partial charge is 0.303 e. The zero-order chi connectivity index (χ0) is 59.2. The van der Waals surface area contributed by atoms with Gasteiger partial charge in [-0.25, -0.2) is 0 Å². The minimum Gasteiger partial charge on any atom is -0.481 e. The van der Waals surface area contributed by atoms with Crippen molar-refractivity contribution in [1.29, 1.82) is 0 Å². The van der Waals surface area contributed by atoms with Gasteiger partial charge < -0.3 is 52.1 Å². The van der Waals surface area contributed by atoms with E-state index in [1.165, 1.54) is 14.7 Å². The zero-order valence-corrected chi connectivity index (χ0v) is 49.2. The molecule has 0 bridgehead atoms. The SMILES string of the molecule is CC(C)CC[C@@H](CN(CC(=O)N[C@@H](CC(C)C)CN(CC(=O)N[C@@H](CC(C)C)CN(CC(N)=O)C(=O)CCC(=O)O)C(=O)CCc1ccccc1)C(=O)CC(C)C)NC(=O)CN(C[C@@H](N)CC(C)C)C(=O)CCc1ccccc1. The minimum atomic E-state index is -1.19. The molecule has 0 spiro atoms. The monoisotopic (exact) mass is 1100 g/mol. The van der Waals surface area contributed by atoms with Crippen LogP contribution in [0.15, 0.2) is 60.7 Å². The average molecular weight is 1100 g/mol. The molecule has 0 saturated heterocycles. The van der Waals surface area contributed by atoms with Crippen LogP contribution in [0.1, 0.15) is 145 Å². The number of carboxylic acid groups (broad SMARTS) is 1. The first-order valence-corrected chi connectivity index (χ1v) is 28.5. The van der Waals surface area contributed by atoms with Crippen LogP contribution in [0, 0.1) is 29.6 Å². The van der Waals surface area contributed by atoms with Gasteiger partial charge in [0.2, 0.25) is 47.3 Å². The second-order valence-corrected chi connectivity index (χ2v) is 23.4. The Hall–Kier alpha value is -6.37. The summed E-state index contributed by atoms with van der Waals surface area (Å²) in [6.07, 6.45) is 3.06. The molecule has 19 nitrogen and oxygen atoms in total. The van der Waals surface area contributed by atoms with Crippen LogP contribution < -0.4 is 27.4 Å². The van der Waals surface area contributed by atoms with E-state index >= 15 is 0 Å². The maximum Gasteiger partial charge on any atom is 0.303 e. The van der Waals surface area contributed by atoms with Crippen LogP contribution in [-0.2, 0) is 56.0 Å². The van der Waals surface area contributed by atoms with Gasteiger partial charge in [0.05, 0.1) is 32.6 Å². The van der Waals surface area contributed by atoms with Crippen molar-refractivity contribution in [1.82, 2.24) is 35.6 Å². The molecule has 0 aromatic heterocycles. The summed E-state index contributed by atoms with van der Waals surface area (Å²) < 4.78 is 0. The van der Waals surface area contributed by atoms with E-state index < -0.39 is 73.1 Å². The van der Waals surface area contributed by atoms with Crippen LogP contribution in [0.4, 0.5) is 0 Å². The number of nitrogens with zero attached hydrogens (tertiary/aromatic N) is 4. The number of aryl methyl sites for hydroxylation is 2. The normalized spacial score (nSPS) is 12.9. The molecular weight excluding hydrogens is 1010 g/mol. The van der Waals surface area contributed by atoms with Gasteiger partial charge in [-0.05, 0) is 85.7 Å². The Morgan fingerprint density at radius 2 is 0.823 bits per heavy atom. The number of carboxylic acids is 1. The Morgan fingerprint density at radius 1 is 0.443 bits per heavy atom. The predicted octanol–water partition coefficient (Wildman–Crippen LogP) is 5.32. The Balaban J connectivity index is 2.46. The van der Waals surface area contributed by atoms with Crippen molar-refractivity contribution >= 4 is 53.2 Å². The van der Waals surface area contributed by atoms with Crippen LogP contribution in [0.3, 0.4) is 0 Å². The molecule has 442 valence electrons. The summed E-state index contributed by atoms with van der Waals surface area (Å²) >= 11 is 0. The molecule has 8 N–H and O–H groups in total. The number of primary amides is 1. The number of carbonyl (C=O) groups is 9. The van der Waals surface area contributed by atoms with Gasteiger partial charge in [0.1, 0.15) is 0 Å². The molecule has 2 aromatic rings. The molecule has 0 fully saturated rings. The summed E-state index contributed by atoms with van der Waals surface area (Å²) in [4.78, 5) is 127. The number of benzene rings is 2. The zero-order valence-electron chi connectivity index (χ0n) is 49.2.